The van der Waals surface area contributed by atoms with Crippen molar-refractivity contribution in [3.8, 4) is 17.3 Å². The van der Waals surface area contributed by atoms with Gasteiger partial charge in [0.2, 0.25) is 0 Å². The minimum Gasteiger partial charge on any atom is -0.398 e. The molecule has 162 valence electrons. The second kappa shape index (κ2) is 7.18. The Labute approximate surface area is 193 Å². The molecule has 3 aromatic carbocycles. The lowest BCUT2D eigenvalue weighted by Crippen LogP contribution is -2.30. The third-order valence-corrected chi connectivity index (χ3v) is 6.88. The Kier molecular flexibility index (Phi) is 4.51. The van der Waals surface area contributed by atoms with Crippen LogP contribution in [0, 0.1) is 39.0 Å². The maximum absolute atomic E-state index is 9.51. The molecule has 4 N–H and O–H groups in total. The maximum atomic E-state index is 9.51. The molecule has 33 heavy (non-hydrogen) atoms. The Bertz CT molecular complexity index is 1390. The number of hydrogen-bond donors (Lipinski definition) is 2. The van der Waals surface area contributed by atoms with Gasteiger partial charge in [-0.05, 0) is 66.6 Å². The van der Waals surface area contributed by atoms with E-state index in [-0.39, 0.29) is 0 Å². The molecule has 1 aromatic heterocycles. The first kappa shape index (κ1) is 20.7. The number of nitrogens with zero attached hydrogens (tertiary/aromatic N) is 3. The van der Waals surface area contributed by atoms with E-state index in [0.717, 1.165) is 67.3 Å². The quantitative estimate of drug-likeness (QED) is 0.378. The first-order chi connectivity index (χ1) is 15.8. The molecule has 0 saturated carbocycles. The number of nitrogens with two attached hydrogens (primary N) is 2. The van der Waals surface area contributed by atoms with E-state index in [9.17, 15) is 5.26 Å². The van der Waals surface area contributed by atoms with Gasteiger partial charge in [-0.3, -0.25) is 4.98 Å². The number of benzene rings is 3. The van der Waals surface area contributed by atoms with Crippen LogP contribution in [0.25, 0.3) is 11.3 Å². The Morgan fingerprint density at radius 2 is 1.33 bits per heavy atom. The molecule has 4 aromatic rings. The van der Waals surface area contributed by atoms with Crippen molar-refractivity contribution in [2.75, 3.05) is 11.5 Å². The lowest BCUT2D eigenvalue weighted by Gasteiger charge is -2.34. The molecular weight excluding hydrogens is 406 g/mol. The average molecular weight is 432 g/mol. The third kappa shape index (κ3) is 2.77. The lowest BCUT2D eigenvalue weighted by molar-refractivity contribution is 0.731. The molecule has 5 nitrogen and oxygen atoms in total. The average Bonchev–Trinajstić information content (AvgIpc) is 3.11. The fourth-order valence-corrected chi connectivity index (χ4v) is 5.18. The van der Waals surface area contributed by atoms with Crippen LogP contribution in [0.15, 0.2) is 54.7 Å². The van der Waals surface area contributed by atoms with Gasteiger partial charge in [0.15, 0.2) is 5.69 Å². The Morgan fingerprint density at radius 1 is 0.818 bits per heavy atom. The van der Waals surface area contributed by atoms with Gasteiger partial charge in [-0.25, -0.2) is 4.98 Å². The summed E-state index contributed by atoms with van der Waals surface area (Å²) in [4.78, 5) is 9.58. The zero-order chi connectivity index (χ0) is 23.5. The highest BCUT2D eigenvalue weighted by Crippen LogP contribution is 2.55. The Balaban J connectivity index is 2.01. The van der Waals surface area contributed by atoms with Crippen molar-refractivity contribution in [3.05, 3.63) is 105 Å². The van der Waals surface area contributed by atoms with E-state index in [1.54, 1.807) is 6.20 Å². The second-order valence-electron chi connectivity index (χ2n) is 8.91. The van der Waals surface area contributed by atoms with Gasteiger partial charge in [0.25, 0.3) is 0 Å². The van der Waals surface area contributed by atoms with Gasteiger partial charge in [-0.1, -0.05) is 48.5 Å². The number of nitriles is 1. The van der Waals surface area contributed by atoms with Crippen LogP contribution in [-0.2, 0) is 5.41 Å². The summed E-state index contributed by atoms with van der Waals surface area (Å²) < 4.78 is 0. The molecule has 0 fully saturated rings. The van der Waals surface area contributed by atoms with E-state index in [1.807, 2.05) is 39.8 Å². The molecular formula is C28H25N5. The number of anilines is 2. The maximum Gasteiger partial charge on any atom is 0.159 e. The summed E-state index contributed by atoms with van der Waals surface area (Å²) in [7, 11) is 0. The van der Waals surface area contributed by atoms with Crippen LogP contribution in [0.2, 0.25) is 0 Å². The van der Waals surface area contributed by atoms with E-state index in [1.165, 1.54) is 0 Å². The number of aromatic nitrogens is 2. The van der Waals surface area contributed by atoms with Crippen molar-refractivity contribution < 1.29 is 0 Å². The summed E-state index contributed by atoms with van der Waals surface area (Å²) in [5.41, 5.74) is 23.7. The summed E-state index contributed by atoms with van der Waals surface area (Å²) in [6.45, 7) is 8.13. The van der Waals surface area contributed by atoms with Gasteiger partial charge in [-0.15, -0.1) is 0 Å². The minimum absolute atomic E-state index is 0.300. The Hall–Kier alpha value is -4.17. The van der Waals surface area contributed by atoms with Gasteiger partial charge in [0.1, 0.15) is 6.07 Å². The van der Waals surface area contributed by atoms with Crippen molar-refractivity contribution in [3.63, 3.8) is 0 Å². The topological polar surface area (TPSA) is 102 Å². The minimum atomic E-state index is -0.709. The smallest absolute Gasteiger partial charge is 0.159 e. The number of nitrogen functional groups attached to an aromatic ring is 2. The van der Waals surface area contributed by atoms with Crippen LogP contribution in [-0.4, -0.2) is 9.97 Å². The zero-order valence-corrected chi connectivity index (χ0v) is 19.2. The lowest BCUT2D eigenvalue weighted by atomic mass is 9.68. The van der Waals surface area contributed by atoms with Crippen molar-refractivity contribution >= 4 is 11.4 Å². The summed E-state index contributed by atoms with van der Waals surface area (Å²) in [5, 5.41) is 9.51. The van der Waals surface area contributed by atoms with E-state index >= 15 is 0 Å². The van der Waals surface area contributed by atoms with E-state index in [4.69, 9.17) is 21.4 Å². The van der Waals surface area contributed by atoms with Crippen LogP contribution in [0.3, 0.4) is 0 Å². The van der Waals surface area contributed by atoms with Gasteiger partial charge < -0.3 is 11.5 Å². The monoisotopic (exact) mass is 431 g/mol. The molecule has 1 aliphatic rings. The Morgan fingerprint density at radius 3 is 1.85 bits per heavy atom. The highest BCUT2D eigenvalue weighted by atomic mass is 14.9. The van der Waals surface area contributed by atoms with Crippen molar-refractivity contribution in [1.82, 2.24) is 9.97 Å². The molecule has 0 spiro atoms. The SMILES string of the molecule is Cc1cc(C2(c3cc(C)c(N)c(C)c3)c3ccccc3-c3nc(C#N)cnc32)cc(C)c1N. The van der Waals surface area contributed by atoms with Gasteiger partial charge in [-0.2, -0.15) is 5.26 Å². The molecule has 0 saturated heterocycles. The summed E-state index contributed by atoms with van der Waals surface area (Å²) in [5.74, 6) is 0. The normalized spacial score (nSPS) is 13.3. The van der Waals surface area contributed by atoms with E-state index < -0.39 is 5.41 Å². The van der Waals surface area contributed by atoms with Crippen LogP contribution in [0.4, 0.5) is 11.4 Å². The van der Waals surface area contributed by atoms with E-state index in [2.05, 4.69) is 42.5 Å². The summed E-state index contributed by atoms with van der Waals surface area (Å²) >= 11 is 0. The summed E-state index contributed by atoms with van der Waals surface area (Å²) in [6, 6.07) is 19.0. The third-order valence-electron chi connectivity index (χ3n) is 6.88. The largest absolute Gasteiger partial charge is 0.398 e. The van der Waals surface area contributed by atoms with Crippen LogP contribution >= 0.6 is 0 Å². The van der Waals surface area contributed by atoms with Gasteiger partial charge >= 0.3 is 0 Å². The van der Waals surface area contributed by atoms with Crippen molar-refractivity contribution in [2.24, 2.45) is 0 Å². The molecule has 0 unspecified atom stereocenters. The molecule has 0 atom stereocenters. The van der Waals surface area contributed by atoms with Gasteiger partial charge in [0, 0.05) is 16.9 Å². The first-order valence-corrected chi connectivity index (χ1v) is 10.9. The van der Waals surface area contributed by atoms with Crippen LogP contribution < -0.4 is 11.5 Å². The standard InChI is InChI=1S/C28H25N5/c1-15-9-19(10-16(2)24(15)30)28(20-11-17(3)25(31)18(4)12-20)23-8-6-5-7-22(23)26-27(28)32-14-21(13-29)33-26/h5-12,14H,30-31H2,1-4H3. The molecule has 0 bridgehead atoms. The van der Waals surface area contributed by atoms with Crippen LogP contribution in [0.5, 0.6) is 0 Å². The van der Waals surface area contributed by atoms with Gasteiger partial charge in [0.05, 0.1) is 23.0 Å². The first-order valence-electron chi connectivity index (χ1n) is 10.9. The zero-order valence-electron chi connectivity index (χ0n) is 19.2. The highest BCUT2D eigenvalue weighted by molar-refractivity contribution is 5.83. The molecule has 0 radical (unpaired) electrons. The van der Waals surface area contributed by atoms with Crippen molar-refractivity contribution in [2.45, 2.75) is 33.1 Å². The predicted molar refractivity (Wildman–Crippen MR) is 132 cm³/mol. The molecule has 1 aliphatic carbocycles. The molecule has 5 heteroatoms. The fourth-order valence-electron chi connectivity index (χ4n) is 5.18. The second-order valence-corrected chi connectivity index (χ2v) is 8.91. The number of hydrogen-bond acceptors (Lipinski definition) is 5. The van der Waals surface area contributed by atoms with E-state index in [0.29, 0.717) is 5.69 Å². The molecule has 5 rings (SSSR count). The summed E-state index contributed by atoms with van der Waals surface area (Å²) in [6.07, 6.45) is 1.56. The number of aryl methyl sites for hydroxylation is 4. The number of rotatable bonds is 2. The highest BCUT2D eigenvalue weighted by Gasteiger charge is 2.49. The molecule has 0 amide bonds. The fraction of sp³-hybridized carbons (Fsp3) is 0.179. The van der Waals surface area contributed by atoms with Crippen LogP contribution in [0.1, 0.15) is 50.3 Å². The van der Waals surface area contributed by atoms with Crippen molar-refractivity contribution in [1.29, 1.82) is 5.26 Å². The predicted octanol–water partition coefficient (Wildman–Crippen LogP) is 5.11. The molecule has 0 aliphatic heterocycles. The number of fused-ring (bicyclic) bond motifs is 3. The molecule has 1 heterocycles.